The lowest BCUT2D eigenvalue weighted by Crippen LogP contribution is -2.40. The van der Waals surface area contributed by atoms with Gasteiger partial charge in [0.2, 0.25) is 10.0 Å². The number of anilines is 1. The van der Waals surface area contributed by atoms with Crippen LogP contribution in [0, 0.1) is 6.92 Å². The van der Waals surface area contributed by atoms with Gasteiger partial charge in [0.25, 0.3) is 5.91 Å². The van der Waals surface area contributed by atoms with Gasteiger partial charge in [0, 0.05) is 23.2 Å². The van der Waals surface area contributed by atoms with Gasteiger partial charge in [0.15, 0.2) is 6.61 Å². The van der Waals surface area contributed by atoms with E-state index in [1.165, 1.54) is 16.4 Å². The van der Waals surface area contributed by atoms with Crippen molar-refractivity contribution < 1.29 is 22.7 Å². The maximum absolute atomic E-state index is 12.6. The third kappa shape index (κ3) is 5.58. The SMILES string of the molecule is Cc1cc(Br)cc(Br)c1OCC(=O)Nc1ccc(S(=O)(=O)N2CCOCC2)cc1. The third-order valence-electron chi connectivity index (χ3n) is 4.29. The van der Waals surface area contributed by atoms with Gasteiger partial charge in [-0.15, -0.1) is 0 Å². The van der Waals surface area contributed by atoms with Crippen LogP contribution in [0.15, 0.2) is 50.2 Å². The van der Waals surface area contributed by atoms with Crippen LogP contribution >= 0.6 is 31.9 Å². The Labute approximate surface area is 186 Å². The number of nitrogens with one attached hydrogen (secondary N) is 1. The number of hydrogen-bond donors (Lipinski definition) is 1. The fraction of sp³-hybridized carbons (Fsp3) is 0.316. The first kappa shape index (κ1) is 22.2. The quantitative estimate of drug-likeness (QED) is 0.597. The molecule has 1 saturated heterocycles. The molecule has 0 unspecified atom stereocenters. The summed E-state index contributed by atoms with van der Waals surface area (Å²) in [6.07, 6.45) is 0. The van der Waals surface area contributed by atoms with Crippen LogP contribution in [0.4, 0.5) is 5.69 Å². The second-order valence-electron chi connectivity index (χ2n) is 6.41. The number of carbonyl (C=O) groups is 1. The lowest BCUT2D eigenvalue weighted by Gasteiger charge is -2.26. The zero-order valence-corrected chi connectivity index (χ0v) is 19.6. The van der Waals surface area contributed by atoms with E-state index >= 15 is 0 Å². The molecule has 2 aromatic rings. The van der Waals surface area contributed by atoms with Crippen LogP contribution in [0.2, 0.25) is 0 Å². The van der Waals surface area contributed by atoms with Gasteiger partial charge in [-0.25, -0.2) is 8.42 Å². The Morgan fingerprint density at radius 3 is 2.45 bits per heavy atom. The summed E-state index contributed by atoms with van der Waals surface area (Å²) in [5.41, 5.74) is 1.38. The van der Waals surface area contributed by atoms with E-state index in [1.54, 1.807) is 12.1 Å². The van der Waals surface area contributed by atoms with Crippen molar-refractivity contribution in [2.75, 3.05) is 38.2 Å². The number of aryl methyl sites for hydroxylation is 1. The summed E-state index contributed by atoms with van der Waals surface area (Å²) < 4.78 is 39.1. The van der Waals surface area contributed by atoms with Gasteiger partial charge in [-0.1, -0.05) is 15.9 Å². The molecule has 0 spiro atoms. The number of sulfonamides is 1. The average molecular weight is 548 g/mol. The zero-order chi connectivity index (χ0) is 21.0. The molecule has 156 valence electrons. The van der Waals surface area contributed by atoms with Crippen molar-refractivity contribution in [3.05, 3.63) is 50.9 Å². The highest BCUT2D eigenvalue weighted by Gasteiger charge is 2.26. The summed E-state index contributed by atoms with van der Waals surface area (Å²) in [4.78, 5) is 12.4. The van der Waals surface area contributed by atoms with E-state index in [9.17, 15) is 13.2 Å². The standard InChI is InChI=1S/C19H20Br2N2O5S/c1-13-10-14(20)11-17(21)19(13)28-12-18(24)22-15-2-4-16(5-3-15)29(25,26)23-6-8-27-9-7-23/h2-5,10-11H,6-9,12H2,1H3,(H,22,24). The molecular formula is C19H20Br2N2O5S. The van der Waals surface area contributed by atoms with E-state index < -0.39 is 10.0 Å². The van der Waals surface area contributed by atoms with Crippen molar-refractivity contribution >= 4 is 53.5 Å². The largest absolute Gasteiger partial charge is 0.482 e. The lowest BCUT2D eigenvalue weighted by atomic mass is 10.2. The second kappa shape index (κ2) is 9.57. The van der Waals surface area contributed by atoms with Crippen molar-refractivity contribution in [3.63, 3.8) is 0 Å². The molecule has 0 bridgehead atoms. The molecule has 1 fully saturated rings. The molecule has 0 radical (unpaired) electrons. The number of carbonyl (C=O) groups excluding carboxylic acids is 1. The maximum Gasteiger partial charge on any atom is 0.262 e. The number of ether oxygens (including phenoxy) is 2. The highest BCUT2D eigenvalue weighted by molar-refractivity contribution is 9.11. The molecule has 2 aromatic carbocycles. The number of benzene rings is 2. The third-order valence-corrected chi connectivity index (χ3v) is 7.25. The van der Waals surface area contributed by atoms with E-state index in [-0.39, 0.29) is 17.4 Å². The summed E-state index contributed by atoms with van der Waals surface area (Å²) in [7, 11) is -3.56. The second-order valence-corrected chi connectivity index (χ2v) is 10.1. The van der Waals surface area contributed by atoms with Crippen LogP contribution in [-0.2, 0) is 19.6 Å². The van der Waals surface area contributed by atoms with Crippen molar-refractivity contribution in [3.8, 4) is 5.75 Å². The van der Waals surface area contributed by atoms with Crippen molar-refractivity contribution in [2.24, 2.45) is 0 Å². The van der Waals surface area contributed by atoms with E-state index in [4.69, 9.17) is 9.47 Å². The highest BCUT2D eigenvalue weighted by atomic mass is 79.9. The number of nitrogens with zero attached hydrogens (tertiary/aromatic N) is 1. The minimum Gasteiger partial charge on any atom is -0.482 e. The Balaban J connectivity index is 1.60. The van der Waals surface area contributed by atoms with Crippen LogP contribution in [0.1, 0.15) is 5.56 Å². The highest BCUT2D eigenvalue weighted by Crippen LogP contribution is 2.32. The summed E-state index contributed by atoms with van der Waals surface area (Å²) >= 11 is 6.82. The Morgan fingerprint density at radius 2 is 1.83 bits per heavy atom. The molecule has 1 aliphatic heterocycles. The predicted octanol–water partition coefficient (Wildman–Crippen LogP) is 3.56. The smallest absolute Gasteiger partial charge is 0.262 e. The minimum absolute atomic E-state index is 0.172. The number of halogens is 2. The van der Waals surface area contributed by atoms with E-state index in [0.29, 0.717) is 37.7 Å². The molecule has 0 atom stereocenters. The Morgan fingerprint density at radius 1 is 1.17 bits per heavy atom. The van der Waals surface area contributed by atoms with Gasteiger partial charge < -0.3 is 14.8 Å². The molecule has 0 aliphatic carbocycles. The van der Waals surface area contributed by atoms with Crippen LogP contribution < -0.4 is 10.1 Å². The number of morpholine rings is 1. The van der Waals surface area contributed by atoms with Gasteiger partial charge >= 0.3 is 0 Å². The molecule has 29 heavy (non-hydrogen) atoms. The first-order valence-corrected chi connectivity index (χ1v) is 11.9. The first-order chi connectivity index (χ1) is 13.8. The lowest BCUT2D eigenvalue weighted by molar-refractivity contribution is -0.118. The number of amides is 1. The van der Waals surface area contributed by atoms with Crippen molar-refractivity contribution in [1.29, 1.82) is 0 Å². The Bertz CT molecular complexity index is 967. The van der Waals surface area contributed by atoms with E-state index in [2.05, 4.69) is 37.2 Å². The Hall–Kier alpha value is -1.46. The molecular weight excluding hydrogens is 528 g/mol. The molecule has 3 rings (SSSR count). The van der Waals surface area contributed by atoms with Crippen LogP contribution in [0.25, 0.3) is 0 Å². The summed E-state index contributed by atoms with van der Waals surface area (Å²) in [6.45, 7) is 3.17. The van der Waals surface area contributed by atoms with Crippen molar-refractivity contribution in [2.45, 2.75) is 11.8 Å². The van der Waals surface area contributed by atoms with Gasteiger partial charge in [-0.05, 0) is 64.8 Å². The monoisotopic (exact) mass is 546 g/mol. The summed E-state index contributed by atoms with van der Waals surface area (Å²) in [6, 6.07) is 9.82. The first-order valence-electron chi connectivity index (χ1n) is 8.83. The average Bonchev–Trinajstić information content (AvgIpc) is 2.68. The fourth-order valence-corrected chi connectivity index (χ4v) is 5.81. The Kier molecular flexibility index (Phi) is 7.33. The minimum atomic E-state index is -3.56. The number of hydrogen-bond acceptors (Lipinski definition) is 5. The molecule has 1 heterocycles. The fourth-order valence-electron chi connectivity index (χ4n) is 2.85. The summed E-state index contributed by atoms with van der Waals surface area (Å²) in [5.74, 6) is 0.248. The van der Waals surface area contributed by atoms with E-state index in [1.807, 2.05) is 19.1 Å². The molecule has 0 saturated carbocycles. The summed E-state index contributed by atoms with van der Waals surface area (Å²) in [5, 5.41) is 2.70. The van der Waals surface area contributed by atoms with Crippen molar-refractivity contribution in [1.82, 2.24) is 4.31 Å². The van der Waals surface area contributed by atoms with Crippen LogP contribution in [0.3, 0.4) is 0 Å². The van der Waals surface area contributed by atoms with Gasteiger partial charge in [-0.2, -0.15) is 4.31 Å². The van der Waals surface area contributed by atoms with Gasteiger partial charge in [0.05, 0.1) is 22.6 Å². The molecule has 1 N–H and O–H groups in total. The zero-order valence-electron chi connectivity index (χ0n) is 15.7. The van der Waals surface area contributed by atoms with Crippen LogP contribution in [-0.4, -0.2) is 51.5 Å². The molecule has 0 aromatic heterocycles. The molecule has 1 aliphatic rings. The molecule has 7 nitrogen and oxygen atoms in total. The predicted molar refractivity (Wildman–Crippen MR) is 117 cm³/mol. The molecule has 1 amide bonds. The topological polar surface area (TPSA) is 84.9 Å². The van der Waals surface area contributed by atoms with Crippen LogP contribution in [0.5, 0.6) is 5.75 Å². The van der Waals surface area contributed by atoms with Gasteiger partial charge in [0.1, 0.15) is 5.75 Å². The van der Waals surface area contributed by atoms with Gasteiger partial charge in [-0.3, -0.25) is 4.79 Å². The number of rotatable bonds is 6. The van der Waals surface area contributed by atoms with E-state index in [0.717, 1.165) is 14.5 Å². The molecule has 10 heteroatoms. The maximum atomic E-state index is 12.6. The normalized spacial score (nSPS) is 15.1.